The van der Waals surface area contributed by atoms with Crippen molar-refractivity contribution in [1.29, 1.82) is 0 Å². The maximum atomic E-state index is 12.9. The van der Waals surface area contributed by atoms with E-state index < -0.39 is 5.91 Å². The van der Waals surface area contributed by atoms with Gasteiger partial charge in [0, 0.05) is 16.4 Å². The van der Waals surface area contributed by atoms with E-state index in [9.17, 15) is 14.4 Å². The molecule has 0 radical (unpaired) electrons. The molecule has 0 atom stereocenters. The number of amides is 2. The molecular weight excluding hydrogens is 456 g/mol. The van der Waals surface area contributed by atoms with E-state index in [4.69, 9.17) is 17.3 Å². The Morgan fingerprint density at radius 1 is 1.39 bits per heavy atom. The van der Waals surface area contributed by atoms with Crippen LogP contribution in [0.3, 0.4) is 0 Å². The number of halogens is 1. The van der Waals surface area contributed by atoms with Crippen LogP contribution in [0, 0.1) is 0 Å². The first-order valence-electron chi connectivity index (χ1n) is 9.57. The number of nitrogens with zero attached hydrogens (tertiary/aromatic N) is 2. The Morgan fingerprint density at radius 3 is 2.94 bits per heavy atom. The zero-order chi connectivity index (χ0) is 22.1. The summed E-state index contributed by atoms with van der Waals surface area (Å²) in [7, 11) is 0. The van der Waals surface area contributed by atoms with Gasteiger partial charge in [-0.05, 0) is 43.0 Å². The fraction of sp³-hybridized carbons (Fsp3) is 0.238. The molecule has 0 spiro atoms. The van der Waals surface area contributed by atoms with E-state index in [1.165, 1.54) is 15.9 Å². The number of rotatable bonds is 7. The SMILES string of the molecule is C=CCn1c(SCC(=O)Nc2sc3c(c2C(N)=O)CCC3)nc2cc(Cl)ccc2c1=O. The van der Waals surface area contributed by atoms with Gasteiger partial charge in [-0.25, -0.2) is 4.98 Å². The number of primary amides is 1. The predicted octanol–water partition coefficient (Wildman–Crippen LogP) is 3.62. The second kappa shape index (κ2) is 8.86. The van der Waals surface area contributed by atoms with Gasteiger partial charge in [0.1, 0.15) is 5.00 Å². The first-order chi connectivity index (χ1) is 14.9. The average molecular weight is 475 g/mol. The molecule has 10 heteroatoms. The number of aromatic nitrogens is 2. The van der Waals surface area contributed by atoms with Gasteiger partial charge < -0.3 is 11.1 Å². The molecule has 2 amide bonds. The Morgan fingerprint density at radius 2 is 2.19 bits per heavy atom. The zero-order valence-electron chi connectivity index (χ0n) is 16.4. The third kappa shape index (κ3) is 4.26. The number of allylic oxidation sites excluding steroid dienone is 1. The minimum Gasteiger partial charge on any atom is -0.365 e. The van der Waals surface area contributed by atoms with Crippen LogP contribution in [0.1, 0.15) is 27.2 Å². The molecule has 0 saturated carbocycles. The lowest BCUT2D eigenvalue weighted by Gasteiger charge is -2.12. The lowest BCUT2D eigenvalue weighted by molar-refractivity contribution is -0.113. The number of benzene rings is 1. The van der Waals surface area contributed by atoms with E-state index >= 15 is 0 Å². The molecule has 0 unspecified atom stereocenters. The van der Waals surface area contributed by atoms with E-state index in [0.29, 0.717) is 31.6 Å². The van der Waals surface area contributed by atoms with Gasteiger partial charge in [0.2, 0.25) is 5.91 Å². The van der Waals surface area contributed by atoms with Gasteiger partial charge in [-0.15, -0.1) is 17.9 Å². The third-order valence-corrected chi connectivity index (χ3v) is 7.37. The summed E-state index contributed by atoms with van der Waals surface area (Å²) >= 11 is 8.58. The summed E-state index contributed by atoms with van der Waals surface area (Å²) in [5, 5.41) is 4.60. The van der Waals surface area contributed by atoms with Gasteiger partial charge in [0.25, 0.3) is 11.5 Å². The van der Waals surface area contributed by atoms with Gasteiger partial charge in [-0.3, -0.25) is 19.0 Å². The Labute approximate surface area is 191 Å². The standard InChI is InChI=1S/C21H19ClN4O3S2/c1-2-8-26-20(29)12-7-6-11(22)9-14(12)24-21(26)30-10-16(27)25-19-17(18(23)28)13-4-3-5-15(13)31-19/h2,6-7,9H,1,3-5,8,10H2,(H2,23,28)(H,25,27). The number of carbonyl (C=O) groups is 2. The molecule has 0 fully saturated rings. The number of thioether (sulfide) groups is 1. The van der Waals surface area contributed by atoms with Crippen LogP contribution < -0.4 is 16.6 Å². The molecule has 160 valence electrons. The van der Waals surface area contributed by atoms with E-state index in [1.54, 1.807) is 24.3 Å². The minimum atomic E-state index is -0.532. The van der Waals surface area contributed by atoms with Gasteiger partial charge in [-0.1, -0.05) is 29.4 Å². The third-order valence-electron chi connectivity index (χ3n) is 4.95. The van der Waals surface area contributed by atoms with Crippen LogP contribution in [0.25, 0.3) is 10.9 Å². The van der Waals surface area contributed by atoms with Crippen molar-refractivity contribution < 1.29 is 9.59 Å². The Hall–Kier alpha value is -2.62. The Kier molecular flexibility index (Phi) is 6.17. The van der Waals surface area contributed by atoms with Gasteiger partial charge in [0.15, 0.2) is 5.16 Å². The van der Waals surface area contributed by atoms with E-state index in [1.807, 2.05) is 0 Å². The topological polar surface area (TPSA) is 107 Å². The summed E-state index contributed by atoms with van der Waals surface area (Å²) in [6.07, 6.45) is 4.28. The molecule has 2 aromatic heterocycles. The van der Waals surface area contributed by atoms with E-state index in [2.05, 4.69) is 16.9 Å². The van der Waals surface area contributed by atoms with E-state index in [0.717, 1.165) is 41.5 Å². The fourth-order valence-electron chi connectivity index (χ4n) is 3.62. The second-order valence-corrected chi connectivity index (χ2v) is 9.51. The highest BCUT2D eigenvalue weighted by Gasteiger charge is 2.26. The van der Waals surface area contributed by atoms with Crippen molar-refractivity contribution in [3.05, 3.63) is 62.2 Å². The first kappa shape index (κ1) is 21.6. The molecule has 1 aromatic carbocycles. The van der Waals surface area contributed by atoms with Crippen molar-refractivity contribution in [3.63, 3.8) is 0 Å². The number of carbonyl (C=O) groups excluding carboxylic acids is 2. The lowest BCUT2D eigenvalue weighted by Crippen LogP contribution is -2.24. The number of thiophene rings is 1. The predicted molar refractivity (Wildman–Crippen MR) is 125 cm³/mol. The van der Waals surface area contributed by atoms with Crippen LogP contribution in [-0.4, -0.2) is 27.1 Å². The van der Waals surface area contributed by atoms with Gasteiger partial charge >= 0.3 is 0 Å². The molecule has 1 aliphatic carbocycles. The summed E-state index contributed by atoms with van der Waals surface area (Å²) in [4.78, 5) is 43.0. The monoisotopic (exact) mass is 474 g/mol. The molecule has 7 nitrogen and oxygen atoms in total. The fourth-order valence-corrected chi connectivity index (χ4v) is 5.91. The number of nitrogens with one attached hydrogen (secondary N) is 1. The number of nitrogens with two attached hydrogens (primary N) is 1. The van der Waals surface area contributed by atoms with Crippen molar-refractivity contribution in [2.45, 2.75) is 31.0 Å². The van der Waals surface area contributed by atoms with Crippen molar-refractivity contribution in [3.8, 4) is 0 Å². The number of fused-ring (bicyclic) bond motifs is 2. The van der Waals surface area contributed by atoms with Crippen molar-refractivity contribution in [1.82, 2.24) is 9.55 Å². The van der Waals surface area contributed by atoms with Crippen LogP contribution >= 0.6 is 34.7 Å². The average Bonchev–Trinajstić information content (AvgIpc) is 3.29. The highest BCUT2D eigenvalue weighted by Crippen LogP contribution is 2.38. The summed E-state index contributed by atoms with van der Waals surface area (Å²) in [5.41, 5.74) is 7.16. The smallest absolute Gasteiger partial charge is 0.262 e. The lowest BCUT2D eigenvalue weighted by atomic mass is 10.1. The summed E-state index contributed by atoms with van der Waals surface area (Å²) in [6, 6.07) is 4.89. The van der Waals surface area contributed by atoms with Crippen molar-refractivity contribution >= 4 is 62.4 Å². The molecule has 31 heavy (non-hydrogen) atoms. The summed E-state index contributed by atoms with van der Waals surface area (Å²) < 4.78 is 1.47. The maximum absolute atomic E-state index is 12.9. The molecule has 3 aromatic rings. The molecule has 4 rings (SSSR count). The van der Waals surface area contributed by atoms with Crippen LogP contribution in [-0.2, 0) is 24.2 Å². The summed E-state index contributed by atoms with van der Waals surface area (Å²) in [6.45, 7) is 3.96. The quantitative estimate of drug-likeness (QED) is 0.309. The normalized spacial score (nSPS) is 12.7. The summed E-state index contributed by atoms with van der Waals surface area (Å²) in [5.74, 6) is -0.829. The minimum absolute atomic E-state index is 0.0103. The first-order valence-corrected chi connectivity index (χ1v) is 11.7. The molecule has 0 saturated heterocycles. The van der Waals surface area contributed by atoms with Crippen molar-refractivity contribution in [2.24, 2.45) is 5.73 Å². The van der Waals surface area contributed by atoms with Crippen LogP contribution in [0.4, 0.5) is 5.00 Å². The molecule has 2 heterocycles. The molecule has 0 aliphatic heterocycles. The number of hydrogen-bond donors (Lipinski definition) is 2. The molecule has 0 bridgehead atoms. The van der Waals surface area contributed by atoms with Crippen LogP contribution in [0.2, 0.25) is 5.02 Å². The zero-order valence-corrected chi connectivity index (χ0v) is 18.8. The second-order valence-electron chi connectivity index (χ2n) is 7.02. The highest BCUT2D eigenvalue weighted by molar-refractivity contribution is 7.99. The number of aryl methyl sites for hydroxylation is 1. The van der Waals surface area contributed by atoms with Gasteiger partial charge in [-0.2, -0.15) is 0 Å². The van der Waals surface area contributed by atoms with Crippen molar-refractivity contribution in [2.75, 3.05) is 11.1 Å². The molecular formula is C21H19ClN4O3S2. The van der Waals surface area contributed by atoms with Crippen LogP contribution in [0.15, 0.2) is 40.8 Å². The number of anilines is 1. The Bertz CT molecular complexity index is 1280. The molecule has 1 aliphatic rings. The number of hydrogen-bond acceptors (Lipinski definition) is 6. The van der Waals surface area contributed by atoms with Gasteiger partial charge in [0.05, 0.1) is 22.2 Å². The highest BCUT2D eigenvalue weighted by atomic mass is 35.5. The largest absolute Gasteiger partial charge is 0.365 e. The van der Waals surface area contributed by atoms with Crippen LogP contribution in [0.5, 0.6) is 0 Å². The molecule has 3 N–H and O–H groups in total. The maximum Gasteiger partial charge on any atom is 0.262 e. The van der Waals surface area contributed by atoms with E-state index in [-0.39, 0.29) is 23.8 Å². The Balaban J connectivity index is 1.57.